The van der Waals surface area contributed by atoms with Crippen LogP contribution in [0.25, 0.3) is 0 Å². The van der Waals surface area contributed by atoms with E-state index in [4.69, 9.17) is 19.8 Å². The molecule has 0 saturated carbocycles. The second kappa shape index (κ2) is 11.5. The fourth-order valence-corrected chi connectivity index (χ4v) is 3.13. The molecule has 0 amide bonds. The second-order valence-corrected chi connectivity index (χ2v) is 6.91. The molecule has 3 aromatic carbocycles. The van der Waals surface area contributed by atoms with Crippen molar-refractivity contribution in [2.45, 2.75) is 13.2 Å². The summed E-state index contributed by atoms with van der Waals surface area (Å²) in [7, 11) is 0. The van der Waals surface area contributed by atoms with Crippen LogP contribution in [0.5, 0.6) is 11.5 Å². The molecule has 14 nitrogen and oxygen atoms in total. The highest BCUT2D eigenvalue weighted by Gasteiger charge is 2.28. The number of hydrogen-bond donors (Lipinski definition) is 2. The first-order chi connectivity index (χ1) is 17.2. The standard InChI is InChI=1S/C22H16N2O12/c25-21(26)20-16(4-2-6-19(20)24(30)31)22(27)35-14-7-9-15(10-8-14)36-34-11-13-3-1-5-18(23(28)29)17(13)12-33-32/h1-10,32H,11-12H2,(H,25,26). The third kappa shape index (κ3) is 5.95. The van der Waals surface area contributed by atoms with E-state index < -0.39 is 45.2 Å². The highest BCUT2D eigenvalue weighted by molar-refractivity contribution is 6.05. The largest absolute Gasteiger partial charge is 0.477 e. The third-order valence-electron chi connectivity index (χ3n) is 4.73. The summed E-state index contributed by atoms with van der Waals surface area (Å²) in [5.41, 5.74) is -1.90. The Bertz CT molecular complexity index is 1310. The summed E-state index contributed by atoms with van der Waals surface area (Å²) in [6.07, 6.45) is 0. The number of ether oxygens (including phenoxy) is 1. The van der Waals surface area contributed by atoms with Crippen molar-refractivity contribution >= 4 is 23.3 Å². The quantitative estimate of drug-likeness (QED) is 0.127. The van der Waals surface area contributed by atoms with Crippen LogP contribution in [-0.2, 0) is 23.0 Å². The van der Waals surface area contributed by atoms with Crippen molar-refractivity contribution in [2.75, 3.05) is 0 Å². The van der Waals surface area contributed by atoms with Gasteiger partial charge in [0.2, 0.25) is 0 Å². The van der Waals surface area contributed by atoms with E-state index in [2.05, 4.69) is 4.89 Å². The first-order valence-electron chi connectivity index (χ1n) is 9.86. The number of carboxylic acid groups (broad SMARTS) is 1. The van der Waals surface area contributed by atoms with E-state index in [0.717, 1.165) is 18.2 Å². The SMILES string of the molecule is O=C(Oc1ccc(OOCc2cccc([N+](=O)[O-])c2COO)cc1)c1cccc([N+](=O)[O-])c1C(=O)O. The molecule has 2 N–H and O–H groups in total. The van der Waals surface area contributed by atoms with Crippen molar-refractivity contribution in [1.82, 2.24) is 0 Å². The first kappa shape index (κ1) is 25.7. The van der Waals surface area contributed by atoms with Crippen LogP contribution in [-0.4, -0.2) is 32.1 Å². The Kier molecular flexibility index (Phi) is 8.19. The molecule has 0 radical (unpaired) electrons. The predicted octanol–water partition coefficient (Wildman–Crippen LogP) is 3.92. The molecule has 0 aliphatic carbocycles. The van der Waals surface area contributed by atoms with Crippen LogP contribution in [0, 0.1) is 20.2 Å². The third-order valence-corrected chi connectivity index (χ3v) is 4.73. The average Bonchev–Trinajstić information content (AvgIpc) is 2.85. The maximum Gasteiger partial charge on any atom is 0.344 e. The number of hydrogen-bond acceptors (Lipinski definition) is 11. The molecule has 3 rings (SSSR count). The van der Waals surface area contributed by atoms with Gasteiger partial charge in [-0.25, -0.2) is 14.5 Å². The van der Waals surface area contributed by atoms with E-state index in [0.29, 0.717) is 5.56 Å². The van der Waals surface area contributed by atoms with Crippen molar-refractivity contribution < 1.29 is 49.2 Å². The van der Waals surface area contributed by atoms with Gasteiger partial charge in [0.05, 0.1) is 21.0 Å². The van der Waals surface area contributed by atoms with Crippen molar-refractivity contribution in [3.63, 3.8) is 0 Å². The summed E-state index contributed by atoms with van der Waals surface area (Å²) >= 11 is 0. The molecule has 0 aromatic heterocycles. The van der Waals surface area contributed by atoms with Crippen molar-refractivity contribution in [3.8, 4) is 11.5 Å². The van der Waals surface area contributed by atoms with Crippen LogP contribution in [0.3, 0.4) is 0 Å². The molecular formula is C22H16N2O12. The van der Waals surface area contributed by atoms with Crippen LogP contribution in [0.4, 0.5) is 11.4 Å². The molecule has 0 heterocycles. The van der Waals surface area contributed by atoms with E-state index in [1.807, 2.05) is 0 Å². The van der Waals surface area contributed by atoms with Gasteiger partial charge in [0.1, 0.15) is 19.0 Å². The molecule has 186 valence electrons. The predicted molar refractivity (Wildman–Crippen MR) is 117 cm³/mol. The lowest BCUT2D eigenvalue weighted by molar-refractivity contribution is -0.387. The number of aromatic carboxylic acids is 1. The maximum atomic E-state index is 12.4. The zero-order chi connectivity index (χ0) is 26.2. The number of rotatable bonds is 11. The van der Waals surface area contributed by atoms with E-state index in [-0.39, 0.29) is 29.4 Å². The van der Waals surface area contributed by atoms with E-state index in [9.17, 15) is 34.9 Å². The van der Waals surface area contributed by atoms with Crippen LogP contribution in [0.1, 0.15) is 31.8 Å². The molecule has 0 fully saturated rings. The van der Waals surface area contributed by atoms with Gasteiger partial charge < -0.3 is 14.7 Å². The number of esters is 1. The highest BCUT2D eigenvalue weighted by atomic mass is 17.2. The van der Waals surface area contributed by atoms with Crippen LogP contribution in [0.2, 0.25) is 0 Å². The summed E-state index contributed by atoms with van der Waals surface area (Å²) in [6, 6.07) is 12.7. The normalized spacial score (nSPS) is 10.5. The van der Waals surface area contributed by atoms with Gasteiger partial charge >= 0.3 is 11.9 Å². The first-order valence-corrected chi connectivity index (χ1v) is 9.86. The summed E-state index contributed by atoms with van der Waals surface area (Å²) in [5, 5.41) is 40.2. The van der Waals surface area contributed by atoms with Crippen LogP contribution in [0.15, 0.2) is 60.7 Å². The molecule has 0 aliphatic rings. The summed E-state index contributed by atoms with van der Waals surface area (Å²) < 4.78 is 5.11. The van der Waals surface area contributed by atoms with Gasteiger partial charge in [-0.2, -0.15) is 4.89 Å². The molecule has 0 aliphatic heterocycles. The number of nitro groups is 2. The molecule has 36 heavy (non-hydrogen) atoms. The minimum atomic E-state index is -1.66. The van der Waals surface area contributed by atoms with Gasteiger partial charge in [-0.3, -0.25) is 25.5 Å². The number of benzene rings is 3. The van der Waals surface area contributed by atoms with E-state index in [1.165, 1.54) is 42.5 Å². The summed E-state index contributed by atoms with van der Waals surface area (Å²) in [6.45, 7) is -0.675. The maximum absolute atomic E-state index is 12.4. The van der Waals surface area contributed by atoms with E-state index in [1.54, 1.807) is 0 Å². The van der Waals surface area contributed by atoms with Gasteiger partial charge in [-0.05, 0) is 35.9 Å². The molecule has 0 atom stereocenters. The average molecular weight is 500 g/mol. The number of nitro benzene ring substituents is 2. The highest BCUT2D eigenvalue weighted by Crippen LogP contribution is 2.26. The number of carboxylic acids is 1. The Hall–Kier alpha value is -4.92. The lowest BCUT2D eigenvalue weighted by atomic mass is 10.1. The Labute approximate surface area is 201 Å². The zero-order valence-corrected chi connectivity index (χ0v) is 18.1. The van der Waals surface area contributed by atoms with E-state index >= 15 is 0 Å². The lowest BCUT2D eigenvalue weighted by Gasteiger charge is -2.10. The van der Waals surface area contributed by atoms with Crippen molar-refractivity contribution in [2.24, 2.45) is 0 Å². The molecule has 0 unspecified atom stereocenters. The minimum absolute atomic E-state index is 0.0174. The van der Waals surface area contributed by atoms with Gasteiger partial charge in [-0.15, -0.1) is 0 Å². The fraction of sp³-hybridized carbons (Fsp3) is 0.0909. The van der Waals surface area contributed by atoms with Crippen LogP contribution >= 0.6 is 0 Å². The monoisotopic (exact) mass is 500 g/mol. The fourth-order valence-electron chi connectivity index (χ4n) is 3.13. The lowest BCUT2D eigenvalue weighted by Crippen LogP contribution is -2.15. The summed E-state index contributed by atoms with van der Waals surface area (Å²) in [4.78, 5) is 58.8. The Morgan fingerprint density at radius 3 is 2.06 bits per heavy atom. The Morgan fingerprint density at radius 2 is 1.44 bits per heavy atom. The molecule has 0 saturated heterocycles. The molecule has 3 aromatic rings. The Morgan fingerprint density at radius 1 is 0.833 bits per heavy atom. The molecule has 0 bridgehead atoms. The number of carbonyl (C=O) groups is 2. The van der Waals surface area contributed by atoms with Crippen molar-refractivity contribution in [1.29, 1.82) is 0 Å². The number of carbonyl (C=O) groups excluding carboxylic acids is 1. The molecule has 14 heteroatoms. The van der Waals surface area contributed by atoms with Crippen molar-refractivity contribution in [3.05, 3.63) is 103 Å². The van der Waals surface area contributed by atoms with Gasteiger partial charge in [-0.1, -0.05) is 18.2 Å². The van der Waals surface area contributed by atoms with Gasteiger partial charge in [0.25, 0.3) is 11.4 Å². The smallest absolute Gasteiger partial charge is 0.344 e. The van der Waals surface area contributed by atoms with Gasteiger partial charge in [0, 0.05) is 12.1 Å². The Balaban J connectivity index is 1.66. The minimum Gasteiger partial charge on any atom is -0.477 e. The summed E-state index contributed by atoms with van der Waals surface area (Å²) in [5.74, 6) is -2.64. The topological polar surface area (TPSA) is 198 Å². The van der Waals surface area contributed by atoms with Crippen LogP contribution < -0.4 is 9.62 Å². The number of nitrogens with zero attached hydrogens (tertiary/aromatic N) is 2. The second-order valence-electron chi connectivity index (χ2n) is 6.91. The van der Waals surface area contributed by atoms with Gasteiger partial charge in [0.15, 0.2) is 11.3 Å². The molecule has 0 spiro atoms. The zero-order valence-electron chi connectivity index (χ0n) is 18.1. The molecular weight excluding hydrogens is 484 g/mol.